The van der Waals surface area contributed by atoms with Gasteiger partial charge in [-0.05, 0) is 62.9 Å². The third-order valence-electron chi connectivity index (χ3n) is 14.2. The first-order chi connectivity index (χ1) is 58.5. The van der Waals surface area contributed by atoms with Gasteiger partial charge in [-0.2, -0.15) is 22.7 Å². The molecule has 0 saturated carbocycles. The molecule has 0 aromatic heterocycles. The van der Waals surface area contributed by atoms with Crippen molar-refractivity contribution in [2.75, 3.05) is 97.9 Å². The summed E-state index contributed by atoms with van der Waals surface area (Å²) in [5, 5.41) is 26.3. The van der Waals surface area contributed by atoms with Gasteiger partial charge < -0.3 is 44.9 Å². The number of hydrogen-bond acceptors (Lipinski definition) is 11. The maximum Gasteiger partial charge on any atom is 0.300 e. The Morgan fingerprint density at radius 2 is 0.589 bits per heavy atom. The molecular weight excluding hydrogens is 1890 g/mol. The summed E-state index contributed by atoms with van der Waals surface area (Å²) in [6.45, 7) is 36.6. The summed E-state index contributed by atoms with van der Waals surface area (Å²) in [6.07, 6.45) is 13.1. The zero-order valence-electron chi connectivity index (χ0n) is 77.5. The number of likely N-dealkylation sites (tertiary alicyclic amines) is 1. The molecule has 4 aliphatic rings. The van der Waals surface area contributed by atoms with Gasteiger partial charge in [-0.1, -0.05) is 376 Å². The summed E-state index contributed by atoms with van der Waals surface area (Å²) in [7, 11) is 35.3. The second kappa shape index (κ2) is 127. The molecule has 8 radical (unpaired) electrons. The smallest absolute Gasteiger partial charge is 0.300 e. The minimum Gasteiger partial charge on any atom is -0.520 e. The van der Waals surface area contributed by atoms with Crippen LogP contribution in [0.4, 0.5) is 0 Å². The Morgan fingerprint density at radius 3 is 0.710 bits per heavy atom. The molecule has 684 valence electrons. The largest absolute Gasteiger partial charge is 0.520 e. The molecule has 0 spiro atoms. The van der Waals surface area contributed by atoms with Crippen molar-refractivity contribution in [3.05, 3.63) is 290 Å². The number of Topliss-reactive ketones (excluding diaryl/α,β-unsaturated/α-hetero) is 2. The van der Waals surface area contributed by atoms with Crippen LogP contribution in [0.5, 0.6) is 0 Å². The van der Waals surface area contributed by atoms with Crippen LogP contribution in [0, 0.1) is 0 Å². The number of carboxylic acid groups (broad SMARTS) is 1. The number of aryl methyl sites for hydroxylation is 3. The fourth-order valence-corrected chi connectivity index (χ4v) is 8.56. The number of nitrogens with one attached hydrogen (secondary N) is 1. The van der Waals surface area contributed by atoms with E-state index in [2.05, 4.69) is 229 Å². The topological polar surface area (TPSA) is 191 Å². The molecule has 8 aromatic carbocycles. The zero-order valence-corrected chi connectivity index (χ0v) is 95.7. The molecule has 12 rings (SSSR count). The normalized spacial score (nSPS) is 11.3. The van der Waals surface area contributed by atoms with Crippen LogP contribution in [0.3, 0.4) is 0 Å². The first-order valence-corrected chi connectivity index (χ1v) is 55.5. The van der Waals surface area contributed by atoms with Gasteiger partial charge in [-0.15, -0.1) is 71.7 Å². The number of carbonyl (C=O) groups is 4. The predicted octanol–water partition coefficient (Wildman–Crippen LogP) is 19.7. The zero-order chi connectivity index (χ0) is 93.4. The fraction of sp³-hybridized carbons (Fsp3) is 0.413. The molecule has 0 aliphatic carbocycles. The van der Waals surface area contributed by atoms with Gasteiger partial charge in [0.05, 0.1) is 0 Å². The van der Waals surface area contributed by atoms with Crippen LogP contribution in [0.15, 0.2) is 273 Å². The van der Waals surface area contributed by atoms with E-state index in [0.29, 0.717) is 6.04 Å². The number of aliphatic hydroxyl groups excluding tert-OH is 2. The number of nitrogens with zero attached hydrogens (tertiary/aromatic N) is 5. The average molecular weight is 2050 g/mol. The maximum absolute atomic E-state index is 11.0. The molecule has 8 aromatic rings. The van der Waals surface area contributed by atoms with E-state index < -0.39 is 12.4 Å². The first-order valence-electron chi connectivity index (χ1n) is 41.2. The van der Waals surface area contributed by atoms with E-state index in [9.17, 15) is 24.0 Å². The van der Waals surface area contributed by atoms with Gasteiger partial charge in [-0.3, -0.25) is 29.0 Å². The number of aliphatic carboxylic acids is 1. The standard InChI is InChI=1S/C10H16N3O2.3C9H12.C8H14N3O.5C6H6.2C3H6O2.C3H9P.C2H4O2.3C2H6.B4.H6P4.H5P3.H4P2.H3P.2Y/c1-9(15)13-6-10(7-13)12-4-2-11(8-14)3-5-12;3*1-2-6-9-7-4-3-5-8-9;12-7-10-1-3-11(4-2-10)8-5-9-6-8;5*1-2-4-6-5-3-1;2*1-3(5)2-4;1-2-3-4;1-2(3)4;3*1-2;2*1-4(2)3;1-3-2;1-2;;;/h10H,2-7H2,1H3;3*3-5,7-8H,2,6H2,1H3;8-9H,1-6H2;5*1-6H;2*4H,2H2,1H3;2-4H2,1H3;1H3,(H,3,4);3*1-2H3;;1-3H2;3H,1-2H2;1-2H2;1H3;;/q-1;;;;-1;;;;;;;;;;;;;;;;;;;. The number of rotatable bonds is 13. The molecule has 4 aliphatic heterocycles. The SMILES string of the molecule is CC.CC.CC.CC(=O)CO.CC(=O)CO.CC(=O)N1CC(N2CCN([C-]=O)CC2)C1.CC(=O)O.CCCP.CCCc1ccccc1.CCCc1ccccc1.CCCc1ccccc1.O=[C-]N1CCN(C2CNC2)CC1.P.PP.PP(P)P.PPP.[B]B([B])[B].[Y].[Y].c1ccccc1.c1ccccc1.c1ccccc1.c1ccccc1.c1ccccc1. The molecule has 124 heavy (non-hydrogen) atoms. The van der Waals surface area contributed by atoms with E-state index in [4.69, 9.17) is 20.1 Å². The Hall–Kier alpha value is -2.02. The van der Waals surface area contributed by atoms with Crippen molar-refractivity contribution < 1.29 is 110 Å². The Morgan fingerprint density at radius 1 is 0.427 bits per heavy atom. The molecule has 4 heterocycles. The Balaban J connectivity index is -0.000000108. The molecule has 4 saturated heterocycles. The van der Waals surface area contributed by atoms with Gasteiger partial charge >= 0.3 is 0 Å². The van der Waals surface area contributed by atoms with Gasteiger partial charge in [0, 0.05) is 199 Å². The monoisotopic (exact) mass is 2050 g/mol. The van der Waals surface area contributed by atoms with E-state index in [1.807, 2.05) is 241 Å². The van der Waals surface area contributed by atoms with Crippen LogP contribution in [0.1, 0.15) is 139 Å². The molecule has 4 fully saturated rings. The molecule has 32 heteroatoms. The summed E-state index contributed by atoms with van der Waals surface area (Å²) in [5.74, 6) is -1.05. The van der Waals surface area contributed by atoms with E-state index in [1.54, 1.807) is 16.7 Å². The van der Waals surface area contributed by atoms with Crippen molar-refractivity contribution in [1.82, 2.24) is 29.8 Å². The summed E-state index contributed by atoms with van der Waals surface area (Å²) in [4.78, 5) is 69.9. The minimum atomic E-state index is -0.833. The van der Waals surface area contributed by atoms with Gasteiger partial charge in [-0.25, -0.2) is 0 Å². The van der Waals surface area contributed by atoms with E-state index in [0.717, 1.165) is 99.5 Å². The van der Waals surface area contributed by atoms with Crippen molar-refractivity contribution in [3.63, 3.8) is 0 Å². The first kappa shape index (κ1) is 148. The summed E-state index contributed by atoms with van der Waals surface area (Å²) in [6, 6.07) is 92.9. The minimum absolute atomic E-state index is 0. The number of benzene rings is 8. The molecule has 15 nitrogen and oxygen atoms in total. The molecule has 0 bridgehead atoms. The number of ketones is 2. The van der Waals surface area contributed by atoms with Gasteiger partial charge in [0.2, 0.25) is 5.91 Å². The third-order valence-corrected chi connectivity index (χ3v) is 14.8. The summed E-state index contributed by atoms with van der Waals surface area (Å²) in [5.41, 5.74) is 4.33. The van der Waals surface area contributed by atoms with E-state index >= 15 is 0 Å². The Bertz CT molecular complexity index is 2800. The Kier molecular flexibility index (Phi) is 151. The van der Waals surface area contributed by atoms with Crippen molar-refractivity contribution in [2.45, 2.75) is 154 Å². The van der Waals surface area contributed by atoms with Crippen molar-refractivity contribution in [2.24, 2.45) is 0 Å². The molecular formula is C92H157B4N6O9P11Y2-2. The second-order valence-corrected chi connectivity index (χ2v) is 40.9. The molecule has 9 unspecified atom stereocenters. The van der Waals surface area contributed by atoms with Crippen LogP contribution in [-0.2, 0) is 113 Å². The third kappa shape index (κ3) is 126. The number of aliphatic hydroxyl groups is 2. The van der Waals surface area contributed by atoms with Crippen molar-refractivity contribution >= 4 is 162 Å². The number of carboxylic acids is 1. The van der Waals surface area contributed by atoms with E-state index in [1.165, 1.54) is 81.6 Å². The van der Waals surface area contributed by atoms with Gasteiger partial charge in [0.15, 0.2) is 11.6 Å². The quantitative estimate of drug-likeness (QED) is 0.0486. The van der Waals surface area contributed by atoms with Gasteiger partial charge in [0.25, 0.3) is 5.97 Å². The Labute approximate surface area is 835 Å². The van der Waals surface area contributed by atoms with Gasteiger partial charge in [0.1, 0.15) is 13.2 Å². The number of amides is 3. The van der Waals surface area contributed by atoms with E-state index in [-0.39, 0.29) is 113 Å². The summed E-state index contributed by atoms with van der Waals surface area (Å²) < 4.78 is 0. The van der Waals surface area contributed by atoms with Crippen molar-refractivity contribution in [1.29, 1.82) is 0 Å². The average Bonchev–Trinajstić information content (AvgIpc) is 0.820. The number of carbonyl (C=O) groups excluding carboxylic acids is 5. The van der Waals surface area contributed by atoms with Crippen LogP contribution >= 0.6 is 96.6 Å². The number of piperazine rings is 2. The predicted molar refractivity (Wildman–Crippen MR) is 579 cm³/mol. The number of hydrogen-bond donors (Lipinski definition) is 4. The second-order valence-electron chi connectivity index (χ2n) is 24.3. The fourth-order valence-electron chi connectivity index (χ4n) is 8.56. The molecule has 4 N–H and O–H groups in total. The summed E-state index contributed by atoms with van der Waals surface area (Å²) >= 11 is 0. The maximum atomic E-state index is 11.0. The van der Waals surface area contributed by atoms with Crippen LogP contribution < -0.4 is 5.32 Å². The van der Waals surface area contributed by atoms with Crippen molar-refractivity contribution in [3.8, 4) is 0 Å². The molecule has 9 atom stereocenters. The van der Waals surface area contributed by atoms with Crippen LogP contribution in [0.2, 0.25) is 0 Å². The van der Waals surface area contributed by atoms with Crippen LogP contribution in [0.25, 0.3) is 0 Å². The molecule has 3 amide bonds. The van der Waals surface area contributed by atoms with Crippen LogP contribution in [-0.4, -0.2) is 216 Å².